The molecule has 1 heterocycles. The molecule has 0 spiro atoms. The Bertz CT molecular complexity index is 867. The van der Waals surface area contributed by atoms with E-state index in [-0.39, 0.29) is 22.0 Å². The number of methoxy groups -OCH3 is 2. The van der Waals surface area contributed by atoms with Gasteiger partial charge in [-0.3, -0.25) is 9.78 Å². The summed E-state index contributed by atoms with van der Waals surface area (Å²) in [6, 6.07) is 6.52. The summed E-state index contributed by atoms with van der Waals surface area (Å²) >= 11 is 12.0. The molecule has 9 heteroatoms. The maximum Gasteiger partial charge on any atom is 0.328 e. The van der Waals surface area contributed by atoms with Gasteiger partial charge in [0, 0.05) is 19.5 Å². The van der Waals surface area contributed by atoms with Gasteiger partial charge in [-0.1, -0.05) is 47.5 Å². The molecule has 1 amide bonds. The zero-order chi connectivity index (χ0) is 21.9. The normalized spacial score (nSPS) is 11.9. The molecule has 0 radical (unpaired) electrons. The van der Waals surface area contributed by atoms with Crippen molar-refractivity contribution in [1.29, 1.82) is 0 Å². The molecular weight excluding hydrogens is 431 g/mol. The van der Waals surface area contributed by atoms with Crippen LogP contribution in [-0.2, 0) is 14.3 Å². The van der Waals surface area contributed by atoms with Crippen LogP contribution in [0.25, 0.3) is 6.08 Å². The monoisotopic (exact) mass is 452 g/mol. The van der Waals surface area contributed by atoms with E-state index in [0.29, 0.717) is 13.2 Å². The number of benzene rings is 1. The lowest BCUT2D eigenvalue weighted by molar-refractivity contribution is -0.142. The highest BCUT2D eigenvalue weighted by molar-refractivity contribution is 6.39. The third-order valence-corrected chi connectivity index (χ3v) is 4.56. The lowest BCUT2D eigenvalue weighted by Gasteiger charge is -2.16. The smallest absolute Gasteiger partial charge is 0.328 e. The van der Waals surface area contributed by atoms with Crippen LogP contribution in [0.3, 0.4) is 0 Å². The Morgan fingerprint density at radius 3 is 2.37 bits per heavy atom. The van der Waals surface area contributed by atoms with E-state index in [1.807, 2.05) is 30.3 Å². The molecule has 1 unspecified atom stereocenters. The van der Waals surface area contributed by atoms with Crippen molar-refractivity contribution in [2.24, 2.45) is 0 Å². The quantitative estimate of drug-likeness (QED) is 0.435. The Hall–Kier alpha value is -2.61. The average Bonchev–Trinajstić information content (AvgIpc) is 2.73. The highest BCUT2D eigenvalue weighted by Gasteiger charge is 2.23. The van der Waals surface area contributed by atoms with Crippen LogP contribution in [0.15, 0.2) is 42.7 Å². The van der Waals surface area contributed by atoms with Crippen LogP contribution in [0, 0.1) is 0 Å². The molecule has 0 aliphatic heterocycles. The van der Waals surface area contributed by atoms with Gasteiger partial charge in [-0.25, -0.2) is 4.79 Å². The molecule has 0 aliphatic rings. The first-order chi connectivity index (χ1) is 14.5. The molecule has 160 valence electrons. The first-order valence-electron chi connectivity index (χ1n) is 9.02. The summed E-state index contributed by atoms with van der Waals surface area (Å²) in [5.74, 6) is -0.444. The summed E-state index contributed by atoms with van der Waals surface area (Å²) in [5, 5.41) is 2.78. The Kier molecular flexibility index (Phi) is 9.60. The van der Waals surface area contributed by atoms with Crippen LogP contribution >= 0.6 is 23.2 Å². The average molecular weight is 453 g/mol. The largest absolute Gasteiger partial charge is 0.491 e. The highest BCUT2D eigenvalue weighted by atomic mass is 35.5. The second-order valence-corrected chi connectivity index (χ2v) is 6.89. The minimum Gasteiger partial charge on any atom is -0.491 e. The van der Waals surface area contributed by atoms with Gasteiger partial charge in [0.15, 0.2) is 0 Å². The van der Waals surface area contributed by atoms with Gasteiger partial charge in [0.25, 0.3) is 5.91 Å². The van der Waals surface area contributed by atoms with Crippen LogP contribution in [0.4, 0.5) is 0 Å². The Morgan fingerprint density at radius 1 is 1.10 bits per heavy atom. The fraction of sp³-hybridized carbons (Fsp3) is 0.286. The van der Waals surface area contributed by atoms with Gasteiger partial charge in [-0.05, 0) is 24.1 Å². The third-order valence-electron chi connectivity index (χ3n) is 3.99. The van der Waals surface area contributed by atoms with Crippen molar-refractivity contribution in [3.05, 3.63) is 63.9 Å². The van der Waals surface area contributed by atoms with Crippen molar-refractivity contribution in [3.63, 3.8) is 0 Å². The first kappa shape index (κ1) is 23.7. The number of nitrogens with one attached hydrogen (secondary N) is 1. The van der Waals surface area contributed by atoms with Crippen LogP contribution in [0.5, 0.6) is 5.75 Å². The van der Waals surface area contributed by atoms with E-state index < -0.39 is 17.9 Å². The van der Waals surface area contributed by atoms with E-state index in [0.717, 1.165) is 11.3 Å². The third kappa shape index (κ3) is 7.02. The Morgan fingerprint density at radius 2 is 1.77 bits per heavy atom. The van der Waals surface area contributed by atoms with E-state index in [2.05, 4.69) is 10.3 Å². The molecule has 1 aromatic heterocycles. The number of aromatic nitrogens is 1. The number of rotatable bonds is 10. The van der Waals surface area contributed by atoms with Gasteiger partial charge < -0.3 is 19.5 Å². The summed E-state index contributed by atoms with van der Waals surface area (Å²) in [5.41, 5.74) is 0.958. The predicted octanol–water partition coefficient (Wildman–Crippen LogP) is 3.79. The van der Waals surface area contributed by atoms with Gasteiger partial charge in [0.1, 0.15) is 18.4 Å². The van der Waals surface area contributed by atoms with Gasteiger partial charge in [-0.2, -0.15) is 0 Å². The van der Waals surface area contributed by atoms with Gasteiger partial charge >= 0.3 is 5.97 Å². The van der Waals surface area contributed by atoms with E-state index >= 15 is 0 Å². The number of ether oxygens (including phenoxy) is 3. The summed E-state index contributed by atoms with van der Waals surface area (Å²) in [6.07, 6.45) is 6.41. The molecule has 0 saturated heterocycles. The maximum atomic E-state index is 12.5. The van der Waals surface area contributed by atoms with Crippen molar-refractivity contribution in [2.75, 3.05) is 27.4 Å². The number of pyridine rings is 1. The van der Waals surface area contributed by atoms with Crippen molar-refractivity contribution in [1.82, 2.24) is 10.3 Å². The second kappa shape index (κ2) is 12.2. The van der Waals surface area contributed by atoms with Crippen LogP contribution in [0.1, 0.15) is 22.3 Å². The molecule has 1 N–H and O–H groups in total. The number of carbonyl (C=O) groups excluding carboxylic acids is 2. The summed E-state index contributed by atoms with van der Waals surface area (Å²) in [7, 11) is 2.86. The van der Waals surface area contributed by atoms with Crippen LogP contribution in [-0.4, -0.2) is 50.3 Å². The van der Waals surface area contributed by atoms with Crippen molar-refractivity contribution < 1.29 is 23.8 Å². The zero-order valence-electron chi connectivity index (χ0n) is 16.6. The van der Waals surface area contributed by atoms with Gasteiger partial charge in [-0.15, -0.1) is 0 Å². The second-order valence-electron chi connectivity index (χ2n) is 6.08. The number of hydrogen-bond donors (Lipinski definition) is 1. The van der Waals surface area contributed by atoms with Crippen LogP contribution < -0.4 is 10.1 Å². The Labute approximate surface area is 184 Å². The number of esters is 1. The topological polar surface area (TPSA) is 86.8 Å². The molecule has 30 heavy (non-hydrogen) atoms. The van der Waals surface area contributed by atoms with E-state index in [4.69, 9.17) is 37.4 Å². The summed E-state index contributed by atoms with van der Waals surface area (Å²) in [4.78, 5) is 28.4. The molecule has 0 bridgehead atoms. The van der Waals surface area contributed by atoms with E-state index in [1.165, 1.54) is 19.5 Å². The number of halogens is 2. The molecule has 0 aliphatic carbocycles. The van der Waals surface area contributed by atoms with E-state index in [9.17, 15) is 9.59 Å². The first-order valence-corrected chi connectivity index (χ1v) is 9.78. The van der Waals surface area contributed by atoms with Crippen LogP contribution in [0.2, 0.25) is 10.0 Å². The fourth-order valence-electron chi connectivity index (χ4n) is 2.47. The lowest BCUT2D eigenvalue weighted by atomic mass is 10.1. The summed E-state index contributed by atoms with van der Waals surface area (Å²) < 4.78 is 15.2. The molecular formula is C21H22Cl2N2O5. The number of nitrogens with zero attached hydrogens (tertiary/aromatic N) is 1. The fourth-order valence-corrected chi connectivity index (χ4v) is 3.01. The number of carbonyl (C=O) groups is 2. The SMILES string of the molecule is COCCOc1ccc(/C=C/CC(NC(=O)c2c(Cl)cncc2Cl)C(=O)OC)cc1. The number of amides is 1. The standard InChI is InChI=1S/C21H22Cl2N2O5/c1-28-10-11-30-15-8-6-14(7-9-15)4-3-5-18(21(27)29-2)25-20(26)19-16(22)12-24-13-17(19)23/h3-4,6-9,12-13,18H,5,10-11H2,1-2H3,(H,25,26)/b4-3+. The molecule has 2 aromatic rings. The Balaban J connectivity index is 2.01. The molecule has 2 rings (SSSR count). The van der Waals surface area contributed by atoms with Gasteiger partial charge in [0.2, 0.25) is 0 Å². The lowest BCUT2D eigenvalue weighted by Crippen LogP contribution is -2.41. The predicted molar refractivity (Wildman–Crippen MR) is 115 cm³/mol. The molecule has 0 fully saturated rings. The van der Waals surface area contributed by atoms with E-state index in [1.54, 1.807) is 13.2 Å². The minimum absolute atomic E-state index is 0.0512. The highest BCUT2D eigenvalue weighted by Crippen LogP contribution is 2.23. The molecule has 1 atom stereocenters. The van der Waals surface area contributed by atoms with Crippen molar-refractivity contribution in [3.8, 4) is 5.75 Å². The zero-order valence-corrected chi connectivity index (χ0v) is 18.1. The minimum atomic E-state index is -0.907. The maximum absolute atomic E-state index is 12.5. The number of hydrogen-bond acceptors (Lipinski definition) is 6. The molecule has 0 saturated carbocycles. The van der Waals surface area contributed by atoms with Crippen molar-refractivity contribution >= 4 is 41.2 Å². The van der Waals surface area contributed by atoms with Crippen molar-refractivity contribution in [2.45, 2.75) is 12.5 Å². The van der Waals surface area contributed by atoms with Gasteiger partial charge in [0.05, 0.1) is 29.3 Å². The summed E-state index contributed by atoms with van der Waals surface area (Å²) in [6.45, 7) is 0.982. The molecule has 1 aromatic carbocycles. The molecule has 7 nitrogen and oxygen atoms in total.